The van der Waals surface area contributed by atoms with Gasteiger partial charge in [-0.1, -0.05) is 0 Å². The van der Waals surface area contributed by atoms with Gasteiger partial charge in [0.25, 0.3) is 0 Å². The van der Waals surface area contributed by atoms with Crippen molar-refractivity contribution in [2.75, 3.05) is 26.8 Å². The summed E-state index contributed by atoms with van der Waals surface area (Å²) in [5.74, 6) is -0.820. The highest BCUT2D eigenvalue weighted by molar-refractivity contribution is 5.75. The molecule has 0 radical (unpaired) electrons. The van der Waals surface area contributed by atoms with Crippen molar-refractivity contribution in [3.05, 3.63) is 0 Å². The molecule has 20 heavy (non-hydrogen) atoms. The maximum Gasteiger partial charge on any atom is 0.320 e. The highest BCUT2D eigenvalue weighted by Crippen LogP contribution is 2.28. The summed E-state index contributed by atoms with van der Waals surface area (Å²) in [5, 5.41) is 8.70. The number of carbonyl (C=O) groups is 2. The molecule has 1 N–H and O–H groups in total. The van der Waals surface area contributed by atoms with Crippen LogP contribution in [0.1, 0.15) is 39.5 Å². The van der Waals surface area contributed by atoms with Crippen LogP contribution in [0, 0.1) is 0 Å². The number of hydrogen-bond acceptors (Lipinski definition) is 3. The van der Waals surface area contributed by atoms with Gasteiger partial charge in [0.15, 0.2) is 0 Å². The van der Waals surface area contributed by atoms with Gasteiger partial charge in [-0.25, -0.2) is 4.79 Å². The predicted octanol–water partition coefficient (Wildman–Crippen LogP) is 1.79. The maximum absolute atomic E-state index is 12.6. The molecule has 1 aliphatic rings. The largest absolute Gasteiger partial charge is 0.481 e. The Morgan fingerprint density at radius 1 is 1.30 bits per heavy atom. The van der Waals surface area contributed by atoms with E-state index >= 15 is 0 Å². The molecule has 0 atom stereocenters. The normalized spacial score (nSPS) is 14.4. The Balaban J connectivity index is 2.57. The number of nitrogens with zero attached hydrogens (tertiary/aromatic N) is 2. The Bertz CT molecular complexity index is 329. The molecular formula is C14H26N2O4. The Hall–Kier alpha value is -1.30. The molecule has 6 nitrogen and oxygen atoms in total. The van der Waals surface area contributed by atoms with E-state index in [4.69, 9.17) is 9.84 Å². The van der Waals surface area contributed by atoms with Crippen LogP contribution in [0.15, 0.2) is 0 Å². The van der Waals surface area contributed by atoms with Gasteiger partial charge in [0.2, 0.25) is 0 Å². The third kappa shape index (κ3) is 5.36. The minimum absolute atomic E-state index is 0.00457. The highest BCUT2D eigenvalue weighted by atomic mass is 16.5. The number of rotatable bonds is 9. The number of ether oxygens (including phenoxy) is 1. The van der Waals surface area contributed by atoms with Gasteiger partial charge < -0.3 is 19.6 Å². The highest BCUT2D eigenvalue weighted by Gasteiger charge is 2.35. The van der Waals surface area contributed by atoms with Crippen molar-refractivity contribution in [2.45, 2.75) is 51.6 Å². The smallest absolute Gasteiger partial charge is 0.320 e. The molecule has 0 aromatic carbocycles. The van der Waals surface area contributed by atoms with Crippen molar-refractivity contribution in [1.29, 1.82) is 0 Å². The monoisotopic (exact) mass is 286 g/mol. The van der Waals surface area contributed by atoms with E-state index in [1.54, 1.807) is 12.0 Å². The molecule has 0 saturated heterocycles. The molecule has 1 saturated carbocycles. The van der Waals surface area contributed by atoms with E-state index in [0.29, 0.717) is 32.2 Å². The molecule has 0 aromatic heterocycles. The quantitative estimate of drug-likeness (QED) is 0.701. The second-order valence-corrected chi connectivity index (χ2v) is 5.48. The molecule has 0 unspecified atom stereocenters. The summed E-state index contributed by atoms with van der Waals surface area (Å²) in [7, 11) is 1.63. The number of methoxy groups -OCH3 is 1. The number of carboxylic acid groups (broad SMARTS) is 1. The van der Waals surface area contributed by atoms with Crippen LogP contribution in [0.25, 0.3) is 0 Å². The standard InChI is InChI=1S/C14H26N2O4/c1-11(2)15(8-4-5-13(17)18)14(19)16(9-10-20-3)12-6-7-12/h11-12H,4-10H2,1-3H3,(H,17,18). The van der Waals surface area contributed by atoms with E-state index in [-0.39, 0.29) is 18.5 Å². The molecule has 1 fully saturated rings. The fourth-order valence-electron chi connectivity index (χ4n) is 2.15. The van der Waals surface area contributed by atoms with Crippen LogP contribution in [0.5, 0.6) is 0 Å². The summed E-state index contributed by atoms with van der Waals surface area (Å²) in [6, 6.07) is 0.406. The maximum atomic E-state index is 12.6. The average molecular weight is 286 g/mol. The van der Waals surface area contributed by atoms with Crippen LogP contribution in [0.3, 0.4) is 0 Å². The molecule has 1 rings (SSSR count). The molecule has 0 spiro atoms. The van der Waals surface area contributed by atoms with E-state index in [0.717, 1.165) is 12.8 Å². The second-order valence-electron chi connectivity index (χ2n) is 5.48. The molecule has 0 aliphatic heterocycles. The van der Waals surface area contributed by atoms with E-state index in [9.17, 15) is 9.59 Å². The summed E-state index contributed by atoms with van der Waals surface area (Å²) >= 11 is 0. The molecule has 6 heteroatoms. The first kappa shape index (κ1) is 16.8. The Labute approximate surface area is 120 Å². The second kappa shape index (κ2) is 8.09. The van der Waals surface area contributed by atoms with E-state index in [1.165, 1.54) is 0 Å². The molecule has 0 heterocycles. The first-order valence-corrected chi connectivity index (χ1v) is 7.25. The summed E-state index contributed by atoms with van der Waals surface area (Å²) in [6.07, 6.45) is 2.69. The summed E-state index contributed by atoms with van der Waals surface area (Å²) in [4.78, 5) is 26.8. The lowest BCUT2D eigenvalue weighted by atomic mass is 10.2. The third-order valence-corrected chi connectivity index (χ3v) is 3.43. The van der Waals surface area contributed by atoms with Gasteiger partial charge in [-0.15, -0.1) is 0 Å². The molecule has 116 valence electrons. The van der Waals surface area contributed by atoms with Crippen molar-refractivity contribution in [3.8, 4) is 0 Å². The van der Waals surface area contributed by atoms with E-state index in [2.05, 4.69) is 0 Å². The first-order valence-electron chi connectivity index (χ1n) is 7.25. The summed E-state index contributed by atoms with van der Waals surface area (Å²) in [5.41, 5.74) is 0. The van der Waals surface area contributed by atoms with E-state index < -0.39 is 5.97 Å². The van der Waals surface area contributed by atoms with Gasteiger partial charge in [-0.3, -0.25) is 4.79 Å². The number of carbonyl (C=O) groups excluding carboxylic acids is 1. The average Bonchev–Trinajstić information content (AvgIpc) is 3.18. The number of aliphatic carboxylic acids is 1. The third-order valence-electron chi connectivity index (χ3n) is 3.43. The van der Waals surface area contributed by atoms with Gasteiger partial charge >= 0.3 is 12.0 Å². The molecule has 0 aromatic rings. The molecule has 2 amide bonds. The van der Waals surface area contributed by atoms with Gasteiger partial charge in [0, 0.05) is 38.7 Å². The fourth-order valence-corrected chi connectivity index (χ4v) is 2.15. The fraction of sp³-hybridized carbons (Fsp3) is 0.857. The van der Waals surface area contributed by atoms with Crippen LogP contribution in [-0.4, -0.2) is 65.8 Å². The zero-order valence-electron chi connectivity index (χ0n) is 12.7. The van der Waals surface area contributed by atoms with Crippen LogP contribution in [0.4, 0.5) is 4.79 Å². The molecular weight excluding hydrogens is 260 g/mol. The predicted molar refractivity (Wildman–Crippen MR) is 75.7 cm³/mol. The van der Waals surface area contributed by atoms with Gasteiger partial charge in [-0.05, 0) is 33.1 Å². The summed E-state index contributed by atoms with van der Waals surface area (Å²) < 4.78 is 5.06. The number of carboxylic acids is 1. The Morgan fingerprint density at radius 3 is 2.40 bits per heavy atom. The number of urea groups is 1. The van der Waals surface area contributed by atoms with Crippen molar-refractivity contribution in [1.82, 2.24) is 9.80 Å². The number of amides is 2. The van der Waals surface area contributed by atoms with Crippen LogP contribution >= 0.6 is 0 Å². The minimum Gasteiger partial charge on any atom is -0.481 e. The Morgan fingerprint density at radius 2 is 1.95 bits per heavy atom. The van der Waals surface area contributed by atoms with Crippen molar-refractivity contribution < 1.29 is 19.4 Å². The zero-order chi connectivity index (χ0) is 15.1. The van der Waals surface area contributed by atoms with Crippen LogP contribution < -0.4 is 0 Å². The summed E-state index contributed by atoms with van der Waals surface area (Å²) in [6.45, 7) is 5.53. The van der Waals surface area contributed by atoms with Crippen LogP contribution in [0.2, 0.25) is 0 Å². The van der Waals surface area contributed by atoms with Crippen molar-refractivity contribution in [2.24, 2.45) is 0 Å². The lowest BCUT2D eigenvalue weighted by molar-refractivity contribution is -0.137. The van der Waals surface area contributed by atoms with Gasteiger partial charge in [0.1, 0.15) is 0 Å². The molecule has 0 bridgehead atoms. The van der Waals surface area contributed by atoms with E-state index in [1.807, 2.05) is 18.7 Å². The number of hydrogen-bond donors (Lipinski definition) is 1. The van der Waals surface area contributed by atoms with Crippen molar-refractivity contribution >= 4 is 12.0 Å². The SMILES string of the molecule is COCCN(C(=O)N(CCCC(=O)O)C(C)C)C1CC1. The Kier molecular flexibility index (Phi) is 6.78. The zero-order valence-corrected chi connectivity index (χ0v) is 12.7. The van der Waals surface area contributed by atoms with Gasteiger partial charge in [-0.2, -0.15) is 0 Å². The first-order chi connectivity index (χ1) is 9.47. The lowest BCUT2D eigenvalue weighted by Gasteiger charge is -2.33. The van der Waals surface area contributed by atoms with Crippen molar-refractivity contribution in [3.63, 3.8) is 0 Å². The van der Waals surface area contributed by atoms with Crippen LogP contribution in [-0.2, 0) is 9.53 Å². The topological polar surface area (TPSA) is 70.1 Å². The minimum atomic E-state index is -0.820. The molecule has 1 aliphatic carbocycles. The lowest BCUT2D eigenvalue weighted by Crippen LogP contribution is -2.48. The van der Waals surface area contributed by atoms with Gasteiger partial charge in [0.05, 0.1) is 6.61 Å².